The first-order chi connectivity index (χ1) is 5.74. The van der Waals surface area contributed by atoms with Crippen molar-refractivity contribution in [3.63, 3.8) is 0 Å². The summed E-state index contributed by atoms with van der Waals surface area (Å²) in [5.74, 6) is 0.300. The van der Waals surface area contributed by atoms with E-state index in [0.717, 1.165) is 6.42 Å². The second-order valence-corrected chi connectivity index (χ2v) is 2.24. The lowest BCUT2D eigenvalue weighted by atomic mass is 10.3. The molecule has 0 aromatic carbocycles. The Bertz CT molecular complexity index is 301. The van der Waals surface area contributed by atoms with Gasteiger partial charge in [0.25, 0.3) is 0 Å². The van der Waals surface area contributed by atoms with Crippen LogP contribution in [0.15, 0.2) is 22.6 Å². The Hall–Kier alpha value is -1.58. The Labute approximate surface area is 69.6 Å². The minimum atomic E-state index is -0.552. The summed E-state index contributed by atoms with van der Waals surface area (Å²) in [6, 6.07) is 2.92. The highest BCUT2D eigenvalue weighted by molar-refractivity contribution is 5.44. The SMILES string of the molecule is CC/C=C/c1ccc([N+](=O)[O-])o1. The van der Waals surface area contributed by atoms with Gasteiger partial charge in [-0.1, -0.05) is 13.0 Å². The number of hydrogen-bond acceptors (Lipinski definition) is 3. The number of nitrogens with zero attached hydrogens (tertiary/aromatic N) is 1. The minimum absolute atomic E-state index is 0.217. The zero-order valence-corrected chi connectivity index (χ0v) is 6.69. The first-order valence-corrected chi connectivity index (χ1v) is 3.65. The summed E-state index contributed by atoms with van der Waals surface area (Å²) in [6.07, 6.45) is 4.48. The molecule has 4 nitrogen and oxygen atoms in total. The summed E-state index contributed by atoms with van der Waals surface area (Å²) in [5, 5.41) is 10.2. The van der Waals surface area contributed by atoms with Crippen molar-refractivity contribution >= 4 is 12.0 Å². The average molecular weight is 167 g/mol. The maximum Gasteiger partial charge on any atom is 0.433 e. The molecule has 1 heterocycles. The molecule has 0 bridgehead atoms. The van der Waals surface area contributed by atoms with Gasteiger partial charge >= 0.3 is 5.88 Å². The van der Waals surface area contributed by atoms with Crippen LogP contribution in [0, 0.1) is 10.1 Å². The molecule has 0 atom stereocenters. The molecule has 0 N–H and O–H groups in total. The third kappa shape index (κ3) is 1.95. The molecule has 12 heavy (non-hydrogen) atoms. The number of allylic oxidation sites excluding steroid dienone is 1. The van der Waals surface area contributed by atoms with Crippen LogP contribution in [0.3, 0.4) is 0 Å². The molecule has 0 aliphatic heterocycles. The van der Waals surface area contributed by atoms with Crippen molar-refractivity contribution in [2.45, 2.75) is 13.3 Å². The fourth-order valence-corrected chi connectivity index (χ4v) is 0.764. The highest BCUT2D eigenvalue weighted by Crippen LogP contribution is 2.16. The highest BCUT2D eigenvalue weighted by atomic mass is 16.6. The molecule has 0 spiro atoms. The van der Waals surface area contributed by atoms with E-state index in [4.69, 9.17) is 4.42 Å². The molecule has 0 fully saturated rings. The van der Waals surface area contributed by atoms with Gasteiger partial charge in [0.15, 0.2) is 0 Å². The maximum atomic E-state index is 10.2. The van der Waals surface area contributed by atoms with Gasteiger partial charge in [-0.25, -0.2) is 0 Å². The topological polar surface area (TPSA) is 56.3 Å². The number of hydrogen-bond donors (Lipinski definition) is 0. The van der Waals surface area contributed by atoms with Crippen LogP contribution in [0.2, 0.25) is 0 Å². The molecule has 1 aromatic heterocycles. The lowest BCUT2D eigenvalue weighted by Gasteiger charge is -1.82. The molecule has 0 aliphatic carbocycles. The minimum Gasteiger partial charge on any atom is -0.401 e. The first kappa shape index (κ1) is 8.52. The Morgan fingerprint density at radius 2 is 2.42 bits per heavy atom. The van der Waals surface area contributed by atoms with Gasteiger partial charge in [-0.3, -0.25) is 10.1 Å². The summed E-state index contributed by atoms with van der Waals surface area (Å²) >= 11 is 0. The fourth-order valence-electron chi connectivity index (χ4n) is 0.764. The van der Waals surface area contributed by atoms with E-state index in [1.807, 2.05) is 13.0 Å². The van der Waals surface area contributed by atoms with Crippen molar-refractivity contribution in [1.29, 1.82) is 0 Å². The molecule has 0 saturated heterocycles. The second kappa shape index (κ2) is 3.71. The molecule has 0 aliphatic rings. The number of nitro groups is 1. The van der Waals surface area contributed by atoms with E-state index in [0.29, 0.717) is 5.76 Å². The molecule has 0 unspecified atom stereocenters. The third-order valence-corrected chi connectivity index (χ3v) is 1.31. The highest BCUT2D eigenvalue weighted by Gasteiger charge is 2.09. The fraction of sp³-hybridized carbons (Fsp3) is 0.250. The van der Waals surface area contributed by atoms with Crippen molar-refractivity contribution in [2.75, 3.05) is 0 Å². The van der Waals surface area contributed by atoms with Crippen molar-refractivity contribution < 1.29 is 9.34 Å². The van der Waals surface area contributed by atoms with Gasteiger partial charge in [0.05, 0.1) is 6.07 Å². The zero-order chi connectivity index (χ0) is 8.97. The molecule has 1 rings (SSSR count). The van der Waals surface area contributed by atoms with Crippen molar-refractivity contribution in [3.05, 3.63) is 34.1 Å². The maximum absolute atomic E-state index is 10.2. The normalized spacial score (nSPS) is 10.8. The number of rotatable bonds is 3. The van der Waals surface area contributed by atoms with Gasteiger partial charge in [0.1, 0.15) is 10.7 Å². The predicted octanol–water partition coefficient (Wildman–Crippen LogP) is 2.61. The molecule has 0 amide bonds. The Kier molecular flexibility index (Phi) is 2.63. The van der Waals surface area contributed by atoms with Gasteiger partial charge in [-0.15, -0.1) is 0 Å². The van der Waals surface area contributed by atoms with Gasteiger partial charge in [0, 0.05) is 0 Å². The third-order valence-electron chi connectivity index (χ3n) is 1.31. The standard InChI is InChI=1S/C8H9NO3/c1-2-3-4-7-5-6-8(12-7)9(10)11/h3-6H,2H2,1H3/b4-3+. The second-order valence-electron chi connectivity index (χ2n) is 2.24. The Balaban J connectivity index is 2.77. The van der Waals surface area contributed by atoms with E-state index >= 15 is 0 Å². The van der Waals surface area contributed by atoms with Crippen LogP contribution in [0.5, 0.6) is 0 Å². The van der Waals surface area contributed by atoms with E-state index < -0.39 is 4.92 Å². The van der Waals surface area contributed by atoms with Crippen LogP contribution in [0.25, 0.3) is 6.08 Å². The summed E-state index contributed by atoms with van der Waals surface area (Å²) in [6.45, 7) is 1.98. The molecular formula is C8H9NO3. The quantitative estimate of drug-likeness (QED) is 0.513. The molecule has 1 aromatic rings. The molecule has 64 valence electrons. The summed E-state index contributed by atoms with van der Waals surface area (Å²) in [4.78, 5) is 9.62. The van der Waals surface area contributed by atoms with Gasteiger partial charge in [0.2, 0.25) is 0 Å². The smallest absolute Gasteiger partial charge is 0.401 e. The van der Waals surface area contributed by atoms with Gasteiger partial charge < -0.3 is 4.42 Å². The van der Waals surface area contributed by atoms with Crippen LogP contribution in [-0.4, -0.2) is 4.92 Å². The van der Waals surface area contributed by atoms with E-state index in [-0.39, 0.29) is 5.88 Å². The Morgan fingerprint density at radius 3 is 2.92 bits per heavy atom. The van der Waals surface area contributed by atoms with E-state index in [1.165, 1.54) is 6.07 Å². The summed E-state index contributed by atoms with van der Waals surface area (Å²) < 4.78 is 4.86. The molecule has 0 radical (unpaired) electrons. The predicted molar refractivity (Wildman–Crippen MR) is 44.7 cm³/mol. The lowest BCUT2D eigenvalue weighted by Crippen LogP contribution is -1.82. The zero-order valence-electron chi connectivity index (χ0n) is 6.69. The molecular weight excluding hydrogens is 158 g/mol. The summed E-state index contributed by atoms with van der Waals surface area (Å²) in [7, 11) is 0. The van der Waals surface area contributed by atoms with E-state index in [9.17, 15) is 10.1 Å². The number of furan rings is 1. The average Bonchev–Trinajstić information content (AvgIpc) is 2.48. The molecule has 4 heteroatoms. The van der Waals surface area contributed by atoms with Gasteiger partial charge in [-0.05, 0) is 18.6 Å². The lowest BCUT2D eigenvalue weighted by molar-refractivity contribution is -0.402. The van der Waals surface area contributed by atoms with Crippen LogP contribution in [0.4, 0.5) is 5.88 Å². The van der Waals surface area contributed by atoms with Crippen molar-refractivity contribution in [1.82, 2.24) is 0 Å². The summed E-state index contributed by atoms with van der Waals surface area (Å²) in [5.41, 5.74) is 0. The van der Waals surface area contributed by atoms with E-state index in [1.54, 1.807) is 12.1 Å². The largest absolute Gasteiger partial charge is 0.433 e. The van der Waals surface area contributed by atoms with E-state index in [2.05, 4.69) is 0 Å². The molecule has 0 saturated carbocycles. The van der Waals surface area contributed by atoms with Crippen LogP contribution in [-0.2, 0) is 0 Å². The van der Waals surface area contributed by atoms with Crippen LogP contribution < -0.4 is 0 Å². The van der Waals surface area contributed by atoms with Crippen molar-refractivity contribution in [2.24, 2.45) is 0 Å². The van der Waals surface area contributed by atoms with Crippen LogP contribution >= 0.6 is 0 Å². The van der Waals surface area contributed by atoms with Crippen molar-refractivity contribution in [3.8, 4) is 0 Å². The van der Waals surface area contributed by atoms with Gasteiger partial charge in [-0.2, -0.15) is 0 Å². The monoisotopic (exact) mass is 167 g/mol. The first-order valence-electron chi connectivity index (χ1n) is 3.65. The Morgan fingerprint density at radius 1 is 1.67 bits per heavy atom. The van der Waals surface area contributed by atoms with Crippen LogP contribution in [0.1, 0.15) is 19.1 Å².